The van der Waals surface area contributed by atoms with Crippen LogP contribution < -0.4 is 10.2 Å². The summed E-state index contributed by atoms with van der Waals surface area (Å²) in [5.74, 6) is 0. The van der Waals surface area contributed by atoms with Crippen molar-refractivity contribution < 1.29 is 13.0 Å². The minimum atomic E-state index is -4.15. The highest BCUT2D eigenvalue weighted by Crippen LogP contribution is 2.36. The van der Waals surface area contributed by atoms with Gasteiger partial charge in [-0.3, -0.25) is 4.55 Å². The molecule has 0 aromatic heterocycles. The highest BCUT2D eigenvalue weighted by molar-refractivity contribution is 7.85. The molecule has 0 aliphatic carbocycles. The number of hydrogen-bond acceptors (Lipinski definition) is 5. The van der Waals surface area contributed by atoms with E-state index in [9.17, 15) is 8.42 Å². The van der Waals surface area contributed by atoms with Crippen molar-refractivity contribution in [3.05, 3.63) is 18.2 Å². The van der Waals surface area contributed by atoms with E-state index >= 15 is 0 Å². The van der Waals surface area contributed by atoms with Crippen LogP contribution in [0.1, 0.15) is 6.92 Å². The maximum absolute atomic E-state index is 11.0. The molecule has 2 N–H and O–H groups in total. The smallest absolute Gasteiger partial charge is 0.294 e. The third-order valence-electron chi connectivity index (χ3n) is 2.50. The van der Waals surface area contributed by atoms with Crippen molar-refractivity contribution in [1.29, 1.82) is 0 Å². The van der Waals surface area contributed by atoms with Crippen LogP contribution in [0.4, 0.5) is 11.4 Å². The van der Waals surface area contributed by atoms with Crippen molar-refractivity contribution in [2.24, 2.45) is 0 Å². The van der Waals surface area contributed by atoms with Crippen LogP contribution in [0, 0.1) is 0 Å². The Morgan fingerprint density at radius 2 is 2.25 bits per heavy atom. The number of rotatable bonds is 2. The Bertz CT molecular complexity index is 515. The Balaban J connectivity index is 2.48. The zero-order valence-corrected chi connectivity index (χ0v) is 10.3. The summed E-state index contributed by atoms with van der Waals surface area (Å²) in [5.41, 5.74) is 1.38. The Morgan fingerprint density at radius 3 is 2.81 bits per heavy atom. The normalized spacial score (nSPS) is 19.4. The van der Waals surface area contributed by atoms with Gasteiger partial charge >= 0.3 is 0 Å². The molecule has 5 nitrogen and oxygen atoms in total. The second kappa shape index (κ2) is 3.83. The Labute approximate surface area is 99.6 Å². The molecule has 0 spiro atoms. The van der Waals surface area contributed by atoms with Crippen molar-refractivity contribution in [3.8, 4) is 0 Å². The number of thiol groups is 1. The second-order valence-corrected chi connectivity index (χ2v) is 5.37. The highest BCUT2D eigenvalue weighted by atomic mass is 32.2. The number of nitrogens with one attached hydrogen (secondary N) is 1. The molecule has 88 valence electrons. The summed E-state index contributed by atoms with van der Waals surface area (Å²) in [6.07, 6.45) is 0. The number of nitrogens with zero attached hydrogens (tertiary/aromatic N) is 1. The topological polar surface area (TPSA) is 69.6 Å². The number of benzene rings is 1. The fourth-order valence-corrected chi connectivity index (χ4v) is 2.67. The Kier molecular flexibility index (Phi) is 2.77. The molecule has 0 radical (unpaired) electrons. The predicted octanol–water partition coefficient (Wildman–Crippen LogP) is 1.40. The van der Waals surface area contributed by atoms with Crippen molar-refractivity contribution >= 4 is 34.1 Å². The molecular weight excluding hydrogens is 248 g/mol. The predicted molar refractivity (Wildman–Crippen MR) is 65.7 cm³/mol. The molecule has 16 heavy (non-hydrogen) atoms. The van der Waals surface area contributed by atoms with Crippen molar-refractivity contribution in [2.75, 3.05) is 16.8 Å². The minimum Gasteiger partial charge on any atom is -0.355 e. The molecule has 1 aromatic carbocycles. The summed E-state index contributed by atoms with van der Waals surface area (Å²) < 4.78 is 30.8. The summed E-state index contributed by atoms with van der Waals surface area (Å²) in [6, 6.07) is 4.44. The third-order valence-corrected chi connectivity index (χ3v) is 3.75. The van der Waals surface area contributed by atoms with E-state index in [1.807, 2.05) is 11.8 Å². The van der Waals surface area contributed by atoms with E-state index in [-0.39, 0.29) is 10.4 Å². The van der Waals surface area contributed by atoms with Gasteiger partial charge in [-0.2, -0.15) is 8.42 Å². The molecule has 0 saturated carbocycles. The van der Waals surface area contributed by atoms with Crippen LogP contribution in [0.2, 0.25) is 0 Å². The summed E-state index contributed by atoms with van der Waals surface area (Å²) in [4.78, 5) is 1.86. The largest absolute Gasteiger partial charge is 0.355 e. The maximum atomic E-state index is 11.0. The Hall–Kier alpha value is -0.920. The second-order valence-electron chi connectivity index (χ2n) is 3.46. The van der Waals surface area contributed by atoms with Crippen LogP contribution >= 0.6 is 12.6 Å². The zero-order chi connectivity index (χ0) is 11.9. The first-order chi connectivity index (χ1) is 7.43. The fraction of sp³-hybridized carbons (Fsp3) is 0.333. The van der Waals surface area contributed by atoms with E-state index in [4.69, 9.17) is 4.55 Å². The molecule has 0 bridgehead atoms. The molecule has 1 aromatic rings. The minimum absolute atomic E-state index is 0.114. The monoisotopic (exact) mass is 260 g/mol. The molecule has 1 unspecified atom stereocenters. The first-order valence-electron chi connectivity index (χ1n) is 4.76. The number of hydrogen-bond donors (Lipinski definition) is 3. The van der Waals surface area contributed by atoms with Crippen LogP contribution in [0.15, 0.2) is 23.1 Å². The van der Waals surface area contributed by atoms with Crippen LogP contribution in [0.5, 0.6) is 0 Å². The van der Waals surface area contributed by atoms with E-state index in [0.717, 1.165) is 12.2 Å². The summed E-state index contributed by atoms with van der Waals surface area (Å²) in [5, 5.41) is 3.03. The lowest BCUT2D eigenvalue weighted by Crippen LogP contribution is -2.30. The van der Waals surface area contributed by atoms with Crippen LogP contribution in [0.25, 0.3) is 0 Å². The van der Waals surface area contributed by atoms with Gasteiger partial charge in [0.25, 0.3) is 10.1 Å². The van der Waals surface area contributed by atoms with Gasteiger partial charge in [-0.1, -0.05) is 0 Å². The first kappa shape index (κ1) is 11.6. The summed E-state index contributed by atoms with van der Waals surface area (Å²) >= 11 is 4.32. The molecule has 1 aliphatic rings. The fourth-order valence-electron chi connectivity index (χ4n) is 1.73. The molecule has 0 fully saturated rings. The van der Waals surface area contributed by atoms with Gasteiger partial charge in [-0.15, -0.1) is 12.6 Å². The third kappa shape index (κ3) is 1.85. The van der Waals surface area contributed by atoms with E-state index in [1.54, 1.807) is 6.07 Å². The maximum Gasteiger partial charge on any atom is 0.294 e. The summed E-state index contributed by atoms with van der Waals surface area (Å²) in [7, 11) is -4.15. The SMILES string of the molecule is CCN1c2ccc(S(=O)(=O)O)cc2NC1S. The average Bonchev–Trinajstić information content (AvgIpc) is 2.50. The van der Waals surface area contributed by atoms with E-state index < -0.39 is 10.1 Å². The molecule has 1 aliphatic heterocycles. The molecule has 1 heterocycles. The van der Waals surface area contributed by atoms with Gasteiger partial charge in [0, 0.05) is 6.54 Å². The van der Waals surface area contributed by atoms with Crippen LogP contribution in [-0.2, 0) is 10.1 Å². The zero-order valence-electron chi connectivity index (χ0n) is 8.58. The number of fused-ring (bicyclic) bond motifs is 1. The van der Waals surface area contributed by atoms with E-state index in [1.165, 1.54) is 12.1 Å². The van der Waals surface area contributed by atoms with E-state index in [0.29, 0.717) is 5.69 Å². The lowest BCUT2D eigenvalue weighted by molar-refractivity contribution is 0.483. The number of anilines is 2. The first-order valence-corrected chi connectivity index (χ1v) is 6.72. The van der Waals surface area contributed by atoms with Gasteiger partial charge < -0.3 is 10.2 Å². The molecule has 1 atom stereocenters. The van der Waals surface area contributed by atoms with Crippen molar-refractivity contribution in [1.82, 2.24) is 0 Å². The quantitative estimate of drug-likeness (QED) is 0.554. The lowest BCUT2D eigenvalue weighted by Gasteiger charge is -2.20. The lowest BCUT2D eigenvalue weighted by atomic mass is 10.2. The van der Waals surface area contributed by atoms with Gasteiger partial charge in [-0.05, 0) is 25.1 Å². The van der Waals surface area contributed by atoms with Gasteiger partial charge in [0.15, 0.2) is 0 Å². The van der Waals surface area contributed by atoms with Gasteiger partial charge in [0.05, 0.1) is 16.3 Å². The van der Waals surface area contributed by atoms with E-state index in [2.05, 4.69) is 17.9 Å². The van der Waals surface area contributed by atoms with Crippen LogP contribution in [0.3, 0.4) is 0 Å². The molecule has 7 heteroatoms. The van der Waals surface area contributed by atoms with Gasteiger partial charge in [0.1, 0.15) is 5.50 Å². The molecule has 0 saturated heterocycles. The van der Waals surface area contributed by atoms with Gasteiger partial charge in [-0.25, -0.2) is 0 Å². The Morgan fingerprint density at radius 1 is 1.56 bits per heavy atom. The van der Waals surface area contributed by atoms with Crippen LogP contribution in [-0.4, -0.2) is 25.0 Å². The summed E-state index contributed by atoms with van der Waals surface area (Å²) in [6.45, 7) is 2.75. The molecule has 0 amide bonds. The van der Waals surface area contributed by atoms with Gasteiger partial charge in [0.2, 0.25) is 0 Å². The van der Waals surface area contributed by atoms with Crippen molar-refractivity contribution in [2.45, 2.75) is 17.3 Å². The molecular formula is C9H12N2O3S2. The average molecular weight is 260 g/mol. The highest BCUT2D eigenvalue weighted by Gasteiger charge is 2.26. The standard InChI is InChI=1S/C9H12N2O3S2/c1-2-11-8-4-3-6(16(12,13)14)5-7(8)10-9(11)15/h3-5,9-10,15H,2H2,1H3,(H,12,13,14). The molecule has 2 rings (SSSR count). The van der Waals surface area contributed by atoms with Crippen molar-refractivity contribution in [3.63, 3.8) is 0 Å².